The Morgan fingerprint density at radius 1 is 1.36 bits per heavy atom. The molecule has 0 bridgehead atoms. The molecule has 28 heavy (non-hydrogen) atoms. The second-order valence-electron chi connectivity index (χ2n) is 7.33. The van der Waals surface area contributed by atoms with E-state index < -0.39 is 6.09 Å². The van der Waals surface area contributed by atoms with Crippen LogP contribution >= 0.6 is 15.9 Å². The molecule has 0 aliphatic carbocycles. The Balaban J connectivity index is 2.02. The van der Waals surface area contributed by atoms with Gasteiger partial charge in [-0.2, -0.15) is 0 Å². The van der Waals surface area contributed by atoms with Crippen molar-refractivity contribution in [3.63, 3.8) is 0 Å². The number of halogens is 2. The summed E-state index contributed by atoms with van der Waals surface area (Å²) in [6.45, 7) is 6.51. The van der Waals surface area contributed by atoms with Crippen molar-refractivity contribution in [2.24, 2.45) is 5.92 Å². The van der Waals surface area contributed by atoms with Crippen LogP contribution in [0.2, 0.25) is 0 Å². The summed E-state index contributed by atoms with van der Waals surface area (Å²) >= 11 is 3.24. The van der Waals surface area contributed by atoms with Crippen molar-refractivity contribution in [2.75, 3.05) is 23.8 Å². The summed E-state index contributed by atoms with van der Waals surface area (Å²) in [6, 6.07) is 4.76. The van der Waals surface area contributed by atoms with Crippen molar-refractivity contribution in [3.05, 3.63) is 55.5 Å². The van der Waals surface area contributed by atoms with Gasteiger partial charge in [-0.25, -0.2) is 9.18 Å². The Morgan fingerprint density at radius 2 is 2.07 bits per heavy atom. The Morgan fingerprint density at radius 3 is 2.71 bits per heavy atom. The van der Waals surface area contributed by atoms with Crippen LogP contribution in [0.25, 0.3) is 0 Å². The summed E-state index contributed by atoms with van der Waals surface area (Å²) in [5.74, 6) is 0.138. The van der Waals surface area contributed by atoms with Crippen LogP contribution in [0.15, 0.2) is 27.5 Å². The van der Waals surface area contributed by atoms with E-state index in [1.165, 1.54) is 15.5 Å². The maximum Gasteiger partial charge on any atom is 0.415 e. The molecule has 150 valence electrons. The van der Waals surface area contributed by atoms with Crippen LogP contribution in [0.1, 0.15) is 30.5 Å². The maximum atomic E-state index is 14.3. The molecule has 8 heteroatoms. The molecule has 0 atom stereocenters. The molecule has 3 rings (SSSR count). The number of hydrogen-bond donors (Lipinski definition) is 1. The third-order valence-corrected chi connectivity index (χ3v) is 5.28. The number of carbonyl (C=O) groups excluding carboxylic acids is 1. The fraction of sp³-hybridized carbons (Fsp3) is 0.400. The van der Waals surface area contributed by atoms with Crippen LogP contribution < -0.4 is 16.2 Å². The lowest BCUT2D eigenvalue weighted by Gasteiger charge is -2.21. The number of hydrogen-bond acceptors (Lipinski definition) is 4. The third kappa shape index (κ3) is 3.78. The molecule has 1 aliphatic heterocycles. The number of benzene rings is 1. The van der Waals surface area contributed by atoms with Crippen molar-refractivity contribution in [1.29, 1.82) is 0 Å². The SMILES string of the molecule is Cc1c(Cc2ccc(Br)cc2F)c(N)c2n(c1=O)CCN2C(=O)OCC(C)C. The quantitative estimate of drug-likeness (QED) is 0.765. The van der Waals surface area contributed by atoms with Gasteiger partial charge in [0.05, 0.1) is 12.3 Å². The van der Waals surface area contributed by atoms with Gasteiger partial charge >= 0.3 is 6.09 Å². The first-order chi connectivity index (χ1) is 13.2. The molecule has 1 aromatic heterocycles. The van der Waals surface area contributed by atoms with Crippen LogP contribution in [0.5, 0.6) is 0 Å². The average Bonchev–Trinajstić information content (AvgIpc) is 3.08. The standard InChI is InChI=1S/C20H23BrFN3O3/c1-11(2)10-28-20(27)25-7-6-24-18(25)17(23)15(12(3)19(24)26)8-13-4-5-14(21)9-16(13)22/h4-5,9,11H,6-8,10,23H2,1-3H3. The number of pyridine rings is 1. The molecule has 0 radical (unpaired) electrons. The molecule has 0 spiro atoms. The minimum absolute atomic E-state index is 0.161. The van der Waals surface area contributed by atoms with Gasteiger partial charge in [0, 0.05) is 29.5 Å². The number of aromatic nitrogens is 1. The average molecular weight is 452 g/mol. The highest BCUT2D eigenvalue weighted by Gasteiger charge is 2.32. The smallest absolute Gasteiger partial charge is 0.415 e. The van der Waals surface area contributed by atoms with E-state index in [1.54, 1.807) is 19.1 Å². The Labute approximate surface area is 171 Å². The highest BCUT2D eigenvalue weighted by atomic mass is 79.9. The first-order valence-corrected chi connectivity index (χ1v) is 9.90. The molecule has 2 heterocycles. The number of nitrogens with two attached hydrogens (primary N) is 1. The lowest BCUT2D eigenvalue weighted by Crippen LogP contribution is -2.32. The lowest BCUT2D eigenvalue weighted by atomic mass is 9.99. The molecular formula is C20H23BrFN3O3. The van der Waals surface area contributed by atoms with Gasteiger partial charge < -0.3 is 10.5 Å². The number of amides is 1. The van der Waals surface area contributed by atoms with E-state index in [2.05, 4.69) is 15.9 Å². The Bertz CT molecular complexity index is 988. The highest BCUT2D eigenvalue weighted by molar-refractivity contribution is 9.10. The number of anilines is 2. The van der Waals surface area contributed by atoms with Gasteiger partial charge in [0.2, 0.25) is 0 Å². The minimum Gasteiger partial charge on any atom is -0.449 e. The topological polar surface area (TPSA) is 77.6 Å². The van der Waals surface area contributed by atoms with E-state index in [1.807, 2.05) is 13.8 Å². The summed E-state index contributed by atoms with van der Waals surface area (Å²) in [7, 11) is 0. The normalized spacial score (nSPS) is 13.1. The summed E-state index contributed by atoms with van der Waals surface area (Å²) in [5, 5.41) is 0. The fourth-order valence-electron chi connectivity index (χ4n) is 3.29. The number of nitrogens with zero attached hydrogens (tertiary/aromatic N) is 2. The monoisotopic (exact) mass is 451 g/mol. The van der Waals surface area contributed by atoms with Crippen molar-refractivity contribution < 1.29 is 13.9 Å². The number of rotatable bonds is 4. The number of carbonyl (C=O) groups is 1. The maximum absolute atomic E-state index is 14.3. The van der Waals surface area contributed by atoms with E-state index in [0.717, 1.165) is 0 Å². The molecule has 0 unspecified atom stereocenters. The van der Waals surface area contributed by atoms with Gasteiger partial charge in [-0.15, -0.1) is 0 Å². The van der Waals surface area contributed by atoms with Crippen LogP contribution in [0, 0.1) is 18.7 Å². The van der Waals surface area contributed by atoms with E-state index in [4.69, 9.17) is 10.5 Å². The van der Waals surface area contributed by atoms with Crippen LogP contribution in [0.4, 0.5) is 20.7 Å². The predicted octanol–water partition coefficient (Wildman–Crippen LogP) is 3.84. The van der Waals surface area contributed by atoms with E-state index in [-0.39, 0.29) is 30.3 Å². The third-order valence-electron chi connectivity index (χ3n) is 4.79. The first kappa shape index (κ1) is 20.4. The summed E-state index contributed by atoms with van der Waals surface area (Å²) in [5.41, 5.74) is 7.87. The van der Waals surface area contributed by atoms with Gasteiger partial charge in [-0.1, -0.05) is 35.8 Å². The van der Waals surface area contributed by atoms with E-state index >= 15 is 0 Å². The number of nitrogen functional groups attached to an aromatic ring is 1. The molecule has 6 nitrogen and oxygen atoms in total. The fourth-order valence-corrected chi connectivity index (χ4v) is 3.62. The molecule has 1 aliphatic rings. The van der Waals surface area contributed by atoms with E-state index in [0.29, 0.717) is 45.8 Å². The molecule has 1 amide bonds. The molecule has 0 saturated carbocycles. The molecule has 2 aromatic rings. The van der Waals surface area contributed by atoms with Crippen LogP contribution in [-0.4, -0.2) is 23.8 Å². The van der Waals surface area contributed by atoms with Crippen molar-refractivity contribution in [1.82, 2.24) is 4.57 Å². The van der Waals surface area contributed by atoms with Gasteiger partial charge in [0.15, 0.2) is 0 Å². The summed E-state index contributed by atoms with van der Waals surface area (Å²) < 4.78 is 21.7. The lowest BCUT2D eigenvalue weighted by molar-refractivity contribution is 0.140. The van der Waals surface area contributed by atoms with Gasteiger partial charge in [0.25, 0.3) is 5.56 Å². The van der Waals surface area contributed by atoms with Crippen molar-refractivity contribution in [2.45, 2.75) is 33.7 Å². The highest BCUT2D eigenvalue weighted by Crippen LogP contribution is 2.33. The van der Waals surface area contributed by atoms with Gasteiger partial charge in [-0.05, 0) is 36.1 Å². The van der Waals surface area contributed by atoms with Crippen LogP contribution in [0.3, 0.4) is 0 Å². The zero-order chi connectivity index (χ0) is 20.6. The second-order valence-corrected chi connectivity index (χ2v) is 8.25. The van der Waals surface area contributed by atoms with Crippen molar-refractivity contribution >= 4 is 33.5 Å². The summed E-state index contributed by atoms with van der Waals surface area (Å²) in [6.07, 6.45) is -0.370. The molecule has 0 fully saturated rings. The van der Waals surface area contributed by atoms with Gasteiger partial charge in [-0.3, -0.25) is 14.3 Å². The van der Waals surface area contributed by atoms with E-state index in [9.17, 15) is 14.0 Å². The largest absolute Gasteiger partial charge is 0.449 e. The zero-order valence-electron chi connectivity index (χ0n) is 16.1. The minimum atomic E-state index is -0.532. The number of ether oxygens (including phenoxy) is 1. The molecular weight excluding hydrogens is 429 g/mol. The van der Waals surface area contributed by atoms with Crippen molar-refractivity contribution in [3.8, 4) is 0 Å². The Hall–Kier alpha value is -2.35. The van der Waals surface area contributed by atoms with Crippen LogP contribution in [-0.2, 0) is 17.7 Å². The first-order valence-electron chi connectivity index (χ1n) is 9.10. The molecule has 1 aromatic carbocycles. The number of fused-ring (bicyclic) bond motifs is 1. The molecule has 0 saturated heterocycles. The molecule has 2 N–H and O–H groups in total. The summed E-state index contributed by atoms with van der Waals surface area (Å²) in [4.78, 5) is 26.7. The van der Waals surface area contributed by atoms with Gasteiger partial charge in [0.1, 0.15) is 11.6 Å². The predicted molar refractivity (Wildman–Crippen MR) is 110 cm³/mol. The second kappa shape index (κ2) is 7.95. The zero-order valence-corrected chi connectivity index (χ0v) is 17.7. The Kier molecular flexibility index (Phi) is 5.79.